The molecular formula is C10H4Cl2N2. The quantitative estimate of drug-likeness (QED) is 0.641. The van der Waals surface area contributed by atoms with Crippen LogP contribution in [-0.2, 0) is 0 Å². The average molecular weight is 223 g/mol. The van der Waals surface area contributed by atoms with E-state index in [9.17, 15) is 0 Å². The van der Waals surface area contributed by atoms with E-state index in [1.165, 1.54) is 0 Å². The molecule has 0 fully saturated rings. The van der Waals surface area contributed by atoms with Crippen LogP contribution in [0.3, 0.4) is 0 Å². The molecule has 1 heterocycles. The fourth-order valence-corrected chi connectivity index (χ4v) is 1.73. The lowest BCUT2D eigenvalue weighted by Crippen LogP contribution is -1.83. The summed E-state index contributed by atoms with van der Waals surface area (Å²) in [5.41, 5.74) is 1.25. The lowest BCUT2D eigenvalue weighted by molar-refractivity contribution is 1.40. The van der Waals surface area contributed by atoms with E-state index in [1.54, 1.807) is 24.3 Å². The third-order valence-corrected chi connectivity index (χ3v) is 2.36. The molecule has 0 aliphatic heterocycles. The Kier molecular flexibility index (Phi) is 2.28. The third kappa shape index (κ3) is 1.52. The number of hydrogen-bond acceptors (Lipinski definition) is 2. The number of pyridine rings is 1. The van der Waals surface area contributed by atoms with Crippen LogP contribution in [0.1, 0.15) is 5.56 Å². The van der Waals surface area contributed by atoms with E-state index in [0.717, 1.165) is 5.39 Å². The molecule has 14 heavy (non-hydrogen) atoms. The van der Waals surface area contributed by atoms with Crippen molar-refractivity contribution < 1.29 is 0 Å². The molecule has 68 valence electrons. The summed E-state index contributed by atoms with van der Waals surface area (Å²) in [6, 6.07) is 8.71. The molecule has 0 unspecified atom stereocenters. The molecule has 2 nitrogen and oxygen atoms in total. The average Bonchev–Trinajstić information content (AvgIpc) is 2.17. The Balaban J connectivity index is 2.84. The first-order valence-corrected chi connectivity index (χ1v) is 4.62. The monoisotopic (exact) mass is 222 g/mol. The lowest BCUT2D eigenvalue weighted by Gasteiger charge is -2.00. The number of hydrogen-bond donors (Lipinski definition) is 0. The fraction of sp³-hybridized carbons (Fsp3) is 0. The van der Waals surface area contributed by atoms with Crippen molar-refractivity contribution in [3.63, 3.8) is 0 Å². The Labute approximate surface area is 90.7 Å². The maximum absolute atomic E-state index is 8.70. The highest BCUT2D eigenvalue weighted by Crippen LogP contribution is 2.25. The van der Waals surface area contributed by atoms with Gasteiger partial charge in [-0.3, -0.25) is 0 Å². The van der Waals surface area contributed by atoms with Crippen LogP contribution in [0.5, 0.6) is 0 Å². The molecule has 2 aromatic rings. The second kappa shape index (κ2) is 3.45. The van der Waals surface area contributed by atoms with E-state index < -0.39 is 0 Å². The molecule has 0 spiro atoms. The highest BCUT2D eigenvalue weighted by molar-refractivity contribution is 6.37. The Morgan fingerprint density at radius 2 is 2.00 bits per heavy atom. The van der Waals surface area contributed by atoms with Gasteiger partial charge in [-0.1, -0.05) is 23.2 Å². The fourth-order valence-electron chi connectivity index (χ4n) is 1.22. The first-order valence-electron chi connectivity index (χ1n) is 3.86. The number of fused-ring (bicyclic) bond motifs is 1. The molecule has 0 N–H and O–H groups in total. The second-order valence-electron chi connectivity index (χ2n) is 2.77. The zero-order valence-electron chi connectivity index (χ0n) is 6.96. The molecule has 0 atom stereocenters. The molecule has 2 rings (SSSR count). The van der Waals surface area contributed by atoms with Crippen molar-refractivity contribution in [2.75, 3.05) is 0 Å². The van der Waals surface area contributed by atoms with Crippen molar-refractivity contribution in [3.05, 3.63) is 40.0 Å². The zero-order chi connectivity index (χ0) is 10.1. The molecule has 1 aromatic carbocycles. The van der Waals surface area contributed by atoms with Crippen LogP contribution in [0.25, 0.3) is 10.9 Å². The molecule has 0 saturated carbocycles. The maximum Gasteiger partial charge on any atom is 0.131 e. The number of rotatable bonds is 0. The predicted octanol–water partition coefficient (Wildman–Crippen LogP) is 3.41. The van der Waals surface area contributed by atoms with Crippen molar-refractivity contribution >= 4 is 34.1 Å². The molecule has 4 heteroatoms. The summed E-state index contributed by atoms with van der Waals surface area (Å²) in [7, 11) is 0. The summed E-state index contributed by atoms with van der Waals surface area (Å²) in [6.07, 6.45) is 0. The van der Waals surface area contributed by atoms with Crippen LogP contribution in [0.15, 0.2) is 24.3 Å². The van der Waals surface area contributed by atoms with Crippen molar-refractivity contribution in [2.45, 2.75) is 0 Å². The first kappa shape index (κ1) is 9.26. The van der Waals surface area contributed by atoms with Gasteiger partial charge in [0, 0.05) is 5.39 Å². The molecule has 0 saturated heterocycles. The van der Waals surface area contributed by atoms with Crippen LogP contribution in [0.2, 0.25) is 10.2 Å². The van der Waals surface area contributed by atoms with E-state index in [4.69, 9.17) is 28.5 Å². The van der Waals surface area contributed by atoms with Gasteiger partial charge in [-0.15, -0.1) is 0 Å². The highest BCUT2D eigenvalue weighted by atomic mass is 35.5. The van der Waals surface area contributed by atoms with Crippen LogP contribution < -0.4 is 0 Å². The standard InChI is InChI=1S/C10H4Cl2N2/c11-8-4-10(12)14-9-2-1-6(5-13)3-7(8)9/h1-4H. The molecule has 0 bridgehead atoms. The summed E-state index contributed by atoms with van der Waals surface area (Å²) in [6.45, 7) is 0. The lowest BCUT2D eigenvalue weighted by atomic mass is 10.1. The van der Waals surface area contributed by atoms with Gasteiger partial charge in [-0.05, 0) is 24.3 Å². The van der Waals surface area contributed by atoms with E-state index in [1.807, 2.05) is 6.07 Å². The van der Waals surface area contributed by atoms with Crippen LogP contribution in [0, 0.1) is 11.3 Å². The molecule has 0 radical (unpaired) electrons. The molecule has 0 amide bonds. The van der Waals surface area contributed by atoms with Gasteiger partial charge in [-0.25, -0.2) is 4.98 Å². The van der Waals surface area contributed by atoms with Crippen molar-refractivity contribution in [1.82, 2.24) is 4.98 Å². The normalized spacial score (nSPS) is 10.1. The minimum atomic E-state index is 0.354. The van der Waals surface area contributed by atoms with E-state index in [2.05, 4.69) is 4.98 Å². The van der Waals surface area contributed by atoms with Gasteiger partial charge in [0.15, 0.2) is 0 Å². The van der Waals surface area contributed by atoms with Gasteiger partial charge in [-0.2, -0.15) is 5.26 Å². The van der Waals surface area contributed by atoms with Gasteiger partial charge < -0.3 is 0 Å². The van der Waals surface area contributed by atoms with Gasteiger partial charge in [0.05, 0.1) is 22.2 Å². The van der Waals surface area contributed by atoms with Gasteiger partial charge in [0.1, 0.15) is 5.15 Å². The van der Waals surface area contributed by atoms with Crippen LogP contribution >= 0.6 is 23.2 Å². The number of nitrogens with zero attached hydrogens (tertiary/aromatic N) is 2. The molecular weight excluding hydrogens is 219 g/mol. The summed E-state index contributed by atoms with van der Waals surface area (Å²) < 4.78 is 0. The van der Waals surface area contributed by atoms with E-state index in [0.29, 0.717) is 21.3 Å². The Morgan fingerprint density at radius 1 is 1.21 bits per heavy atom. The smallest absolute Gasteiger partial charge is 0.131 e. The predicted molar refractivity (Wildman–Crippen MR) is 56.5 cm³/mol. The van der Waals surface area contributed by atoms with Crippen LogP contribution in [-0.4, -0.2) is 4.98 Å². The SMILES string of the molecule is N#Cc1ccc2nc(Cl)cc(Cl)c2c1. The minimum Gasteiger partial charge on any atom is -0.236 e. The van der Waals surface area contributed by atoms with Crippen molar-refractivity contribution in [3.8, 4) is 6.07 Å². The highest BCUT2D eigenvalue weighted by Gasteiger charge is 2.03. The molecule has 0 aliphatic carbocycles. The first-order chi connectivity index (χ1) is 6.70. The largest absolute Gasteiger partial charge is 0.236 e. The molecule has 0 aliphatic rings. The summed E-state index contributed by atoms with van der Waals surface area (Å²) in [4.78, 5) is 4.08. The van der Waals surface area contributed by atoms with Crippen LogP contribution in [0.4, 0.5) is 0 Å². The van der Waals surface area contributed by atoms with Gasteiger partial charge in [0.25, 0.3) is 0 Å². The number of nitriles is 1. The number of halogens is 2. The molecule has 1 aromatic heterocycles. The Bertz CT molecular complexity index is 544. The number of aromatic nitrogens is 1. The summed E-state index contributed by atoms with van der Waals surface area (Å²) >= 11 is 11.7. The van der Waals surface area contributed by atoms with E-state index in [-0.39, 0.29) is 0 Å². The second-order valence-corrected chi connectivity index (χ2v) is 3.56. The van der Waals surface area contributed by atoms with E-state index >= 15 is 0 Å². The maximum atomic E-state index is 8.70. The Hall–Kier alpha value is -1.30. The van der Waals surface area contributed by atoms with Crippen molar-refractivity contribution in [1.29, 1.82) is 5.26 Å². The third-order valence-electron chi connectivity index (χ3n) is 1.86. The number of benzene rings is 1. The van der Waals surface area contributed by atoms with Gasteiger partial charge >= 0.3 is 0 Å². The summed E-state index contributed by atoms with van der Waals surface area (Å²) in [5.74, 6) is 0. The van der Waals surface area contributed by atoms with Crippen molar-refractivity contribution in [2.24, 2.45) is 0 Å². The van der Waals surface area contributed by atoms with Gasteiger partial charge in [0.2, 0.25) is 0 Å². The minimum absolute atomic E-state index is 0.354. The Morgan fingerprint density at radius 3 is 2.71 bits per heavy atom. The zero-order valence-corrected chi connectivity index (χ0v) is 8.47. The topological polar surface area (TPSA) is 36.7 Å². The summed E-state index contributed by atoms with van der Waals surface area (Å²) in [5, 5.41) is 10.3.